The molecule has 0 aromatic heterocycles. The minimum absolute atomic E-state index is 0.352. The summed E-state index contributed by atoms with van der Waals surface area (Å²) in [6.07, 6.45) is -0.645. The minimum Gasteiger partial charge on any atom is -0.414 e. The van der Waals surface area contributed by atoms with Crippen molar-refractivity contribution in [2.45, 2.75) is 10.0 Å². The molecule has 0 aromatic rings. The molecule has 46 valence electrons. The van der Waals surface area contributed by atoms with Gasteiger partial charge in [0.2, 0.25) is 10.0 Å². The quantitative estimate of drug-likeness (QED) is 0.481. The number of carbonyl (C=O) groups excluding carboxylic acids is 1. The maximum atomic E-state index is 10.2. The molecule has 0 aliphatic carbocycles. The second-order valence-corrected chi connectivity index (χ2v) is 2.99. The fourth-order valence-corrected chi connectivity index (χ4v) is 0.840. The predicted octanol–water partition coefficient (Wildman–Crippen LogP) is 1.60. The average Bonchev–Trinajstić information content (AvgIpc) is 1.85. The van der Waals surface area contributed by atoms with Crippen molar-refractivity contribution in [3.05, 3.63) is 0 Å². The van der Waals surface area contributed by atoms with Crippen molar-refractivity contribution in [3.8, 4) is 0 Å². The SMILES string of the molecule is O=C1O[C@H](Br)[C@@H](Br)O1. The number of ether oxygens (including phenoxy) is 2. The van der Waals surface area contributed by atoms with Crippen molar-refractivity contribution >= 4 is 38.0 Å². The molecule has 1 heterocycles. The van der Waals surface area contributed by atoms with Gasteiger partial charge < -0.3 is 9.47 Å². The largest absolute Gasteiger partial charge is 0.510 e. The minimum atomic E-state index is -0.645. The van der Waals surface area contributed by atoms with Gasteiger partial charge in [-0.3, -0.25) is 0 Å². The Morgan fingerprint density at radius 3 is 1.75 bits per heavy atom. The Bertz CT molecular complexity index is 103. The summed E-state index contributed by atoms with van der Waals surface area (Å²) in [5, 5.41) is -0.704. The first-order chi connectivity index (χ1) is 3.70. The Morgan fingerprint density at radius 1 is 1.25 bits per heavy atom. The number of carbonyl (C=O) groups is 1. The Kier molecular flexibility index (Phi) is 1.77. The maximum absolute atomic E-state index is 10.2. The Morgan fingerprint density at radius 2 is 1.62 bits per heavy atom. The van der Waals surface area contributed by atoms with Crippen LogP contribution in [-0.2, 0) is 9.47 Å². The summed E-state index contributed by atoms with van der Waals surface area (Å²) in [4.78, 5) is 10.2. The lowest BCUT2D eigenvalue weighted by Crippen LogP contribution is -2.05. The van der Waals surface area contributed by atoms with E-state index in [-0.39, 0.29) is 10.0 Å². The maximum Gasteiger partial charge on any atom is 0.510 e. The zero-order chi connectivity index (χ0) is 6.15. The molecule has 1 aliphatic heterocycles. The number of alkyl halides is 2. The molecule has 0 bridgehead atoms. The van der Waals surface area contributed by atoms with Crippen LogP contribution in [0.2, 0.25) is 0 Å². The predicted molar refractivity (Wildman–Crippen MR) is 33.0 cm³/mol. The van der Waals surface area contributed by atoms with E-state index in [1.54, 1.807) is 0 Å². The van der Waals surface area contributed by atoms with E-state index in [1.165, 1.54) is 0 Å². The number of halogens is 2. The van der Waals surface area contributed by atoms with Crippen molar-refractivity contribution < 1.29 is 14.3 Å². The third-order valence-electron chi connectivity index (χ3n) is 0.624. The monoisotopic (exact) mass is 244 g/mol. The van der Waals surface area contributed by atoms with Gasteiger partial charge in [-0.15, -0.1) is 0 Å². The lowest BCUT2D eigenvalue weighted by Gasteiger charge is -1.96. The van der Waals surface area contributed by atoms with Crippen LogP contribution in [-0.4, -0.2) is 16.2 Å². The molecule has 0 unspecified atom stereocenters. The number of hydrogen-bond donors (Lipinski definition) is 0. The van der Waals surface area contributed by atoms with Crippen LogP contribution in [0.25, 0.3) is 0 Å². The van der Waals surface area contributed by atoms with E-state index in [4.69, 9.17) is 0 Å². The standard InChI is InChI=1S/C3H2Br2O3/c4-1-2(5)8-3(6)7-1/h1-2H/t1-,2-/m0/s1. The van der Waals surface area contributed by atoms with Gasteiger partial charge in [0.15, 0.2) is 0 Å². The van der Waals surface area contributed by atoms with E-state index < -0.39 is 6.16 Å². The van der Waals surface area contributed by atoms with Gasteiger partial charge in [-0.2, -0.15) is 0 Å². The van der Waals surface area contributed by atoms with E-state index in [0.29, 0.717) is 0 Å². The molecule has 2 atom stereocenters. The lowest BCUT2D eigenvalue weighted by atomic mass is 10.8. The summed E-state index contributed by atoms with van der Waals surface area (Å²) >= 11 is 6.06. The summed E-state index contributed by atoms with van der Waals surface area (Å²) in [5.74, 6) is 0. The van der Waals surface area contributed by atoms with Crippen LogP contribution in [0.3, 0.4) is 0 Å². The average molecular weight is 246 g/mol. The summed E-state index contributed by atoms with van der Waals surface area (Å²) in [5.41, 5.74) is 0. The molecule has 0 N–H and O–H groups in total. The van der Waals surface area contributed by atoms with Gasteiger partial charge in [0.05, 0.1) is 0 Å². The highest BCUT2D eigenvalue weighted by molar-refractivity contribution is 9.12. The van der Waals surface area contributed by atoms with E-state index in [1.807, 2.05) is 0 Å². The van der Waals surface area contributed by atoms with Gasteiger partial charge in [-0.1, -0.05) is 0 Å². The molecule has 5 heteroatoms. The van der Waals surface area contributed by atoms with Crippen molar-refractivity contribution in [2.24, 2.45) is 0 Å². The summed E-state index contributed by atoms with van der Waals surface area (Å²) in [7, 11) is 0. The van der Waals surface area contributed by atoms with E-state index in [2.05, 4.69) is 41.3 Å². The van der Waals surface area contributed by atoms with Gasteiger partial charge in [0.1, 0.15) is 0 Å². The van der Waals surface area contributed by atoms with Crippen molar-refractivity contribution in [2.75, 3.05) is 0 Å². The third-order valence-corrected chi connectivity index (χ3v) is 2.67. The van der Waals surface area contributed by atoms with Crippen LogP contribution in [0.4, 0.5) is 4.79 Å². The van der Waals surface area contributed by atoms with Crippen molar-refractivity contribution in [1.29, 1.82) is 0 Å². The Hall–Kier alpha value is 0.230. The second-order valence-electron chi connectivity index (χ2n) is 1.19. The first kappa shape index (κ1) is 6.35. The first-order valence-electron chi connectivity index (χ1n) is 1.85. The summed E-state index contributed by atoms with van der Waals surface area (Å²) in [6, 6.07) is 0. The van der Waals surface area contributed by atoms with Crippen LogP contribution in [0.15, 0.2) is 0 Å². The highest BCUT2D eigenvalue weighted by Crippen LogP contribution is 2.24. The molecular weight excluding hydrogens is 244 g/mol. The Balaban J connectivity index is 2.51. The second kappa shape index (κ2) is 2.23. The lowest BCUT2D eigenvalue weighted by molar-refractivity contribution is 0.128. The molecule has 1 fully saturated rings. The van der Waals surface area contributed by atoms with E-state index in [9.17, 15) is 4.79 Å². The van der Waals surface area contributed by atoms with Crippen molar-refractivity contribution in [3.63, 3.8) is 0 Å². The van der Waals surface area contributed by atoms with Gasteiger partial charge in [0.25, 0.3) is 0 Å². The van der Waals surface area contributed by atoms with Crippen LogP contribution in [0.5, 0.6) is 0 Å². The molecule has 1 rings (SSSR count). The highest BCUT2D eigenvalue weighted by atomic mass is 79.9. The molecule has 0 amide bonds. The normalized spacial score (nSPS) is 36.5. The molecule has 0 radical (unpaired) electrons. The van der Waals surface area contributed by atoms with Crippen LogP contribution in [0.1, 0.15) is 0 Å². The van der Waals surface area contributed by atoms with Gasteiger partial charge in [-0.25, -0.2) is 4.79 Å². The molecule has 3 nitrogen and oxygen atoms in total. The van der Waals surface area contributed by atoms with Crippen LogP contribution >= 0.6 is 31.9 Å². The molecule has 0 saturated carbocycles. The highest BCUT2D eigenvalue weighted by Gasteiger charge is 2.31. The summed E-state index contributed by atoms with van der Waals surface area (Å²) in [6.45, 7) is 0. The zero-order valence-electron chi connectivity index (χ0n) is 3.64. The number of hydrogen-bond acceptors (Lipinski definition) is 3. The fourth-order valence-electron chi connectivity index (χ4n) is 0.319. The fraction of sp³-hybridized carbons (Fsp3) is 0.667. The molecule has 8 heavy (non-hydrogen) atoms. The molecule has 0 spiro atoms. The van der Waals surface area contributed by atoms with Crippen LogP contribution in [0, 0.1) is 0 Å². The Labute approximate surface area is 62.6 Å². The molecule has 0 aromatic carbocycles. The van der Waals surface area contributed by atoms with Crippen molar-refractivity contribution in [1.82, 2.24) is 0 Å². The van der Waals surface area contributed by atoms with Gasteiger partial charge in [-0.05, 0) is 31.9 Å². The topological polar surface area (TPSA) is 35.5 Å². The number of rotatable bonds is 0. The molecule has 1 saturated heterocycles. The van der Waals surface area contributed by atoms with Gasteiger partial charge in [0, 0.05) is 0 Å². The smallest absolute Gasteiger partial charge is 0.414 e. The van der Waals surface area contributed by atoms with Gasteiger partial charge >= 0.3 is 6.16 Å². The first-order valence-corrected chi connectivity index (χ1v) is 3.68. The third kappa shape index (κ3) is 1.14. The number of cyclic esters (lactones) is 2. The molecule has 1 aliphatic rings. The molecular formula is C3H2Br2O3. The zero-order valence-corrected chi connectivity index (χ0v) is 6.81. The van der Waals surface area contributed by atoms with E-state index in [0.717, 1.165) is 0 Å². The van der Waals surface area contributed by atoms with E-state index >= 15 is 0 Å². The van der Waals surface area contributed by atoms with Crippen LogP contribution < -0.4 is 0 Å². The summed E-state index contributed by atoms with van der Waals surface area (Å²) < 4.78 is 8.96.